The Balaban J connectivity index is 1.82. The van der Waals surface area contributed by atoms with E-state index in [1.165, 1.54) is 5.56 Å². The van der Waals surface area contributed by atoms with Gasteiger partial charge in [-0.3, -0.25) is 9.71 Å². The Kier molecular flexibility index (Phi) is 3.88. The molecule has 0 spiro atoms. The SMILES string of the molecule is CCS(=O)(=O)Nc1cccc(-c2ccc([C@H]3C[C@@H]3N)cn2)c1. The number of hydrogen-bond donors (Lipinski definition) is 2. The van der Waals surface area contributed by atoms with E-state index in [0.29, 0.717) is 11.6 Å². The highest BCUT2D eigenvalue weighted by Gasteiger charge is 2.34. The second-order valence-electron chi connectivity index (χ2n) is 5.57. The first-order valence-electron chi connectivity index (χ1n) is 7.31. The predicted octanol–water partition coefficient (Wildman–Crippen LogP) is 2.32. The zero-order chi connectivity index (χ0) is 15.7. The highest BCUT2D eigenvalue weighted by atomic mass is 32.2. The van der Waals surface area contributed by atoms with E-state index in [4.69, 9.17) is 5.73 Å². The van der Waals surface area contributed by atoms with Crippen molar-refractivity contribution in [2.75, 3.05) is 10.5 Å². The van der Waals surface area contributed by atoms with Crippen molar-refractivity contribution in [3.8, 4) is 11.3 Å². The summed E-state index contributed by atoms with van der Waals surface area (Å²) in [4.78, 5) is 4.47. The van der Waals surface area contributed by atoms with Crippen LogP contribution in [0.25, 0.3) is 11.3 Å². The molecule has 0 saturated heterocycles. The van der Waals surface area contributed by atoms with Gasteiger partial charge < -0.3 is 5.73 Å². The molecule has 6 heteroatoms. The summed E-state index contributed by atoms with van der Waals surface area (Å²) in [6.07, 6.45) is 2.88. The molecule has 3 N–H and O–H groups in total. The van der Waals surface area contributed by atoms with E-state index in [9.17, 15) is 8.42 Å². The van der Waals surface area contributed by atoms with E-state index in [1.54, 1.807) is 19.1 Å². The van der Waals surface area contributed by atoms with Crippen LogP contribution >= 0.6 is 0 Å². The van der Waals surface area contributed by atoms with Crippen molar-refractivity contribution in [1.29, 1.82) is 0 Å². The number of rotatable bonds is 5. The first-order valence-corrected chi connectivity index (χ1v) is 8.96. The summed E-state index contributed by atoms with van der Waals surface area (Å²) in [5.41, 5.74) is 9.26. The number of benzene rings is 1. The molecule has 1 aliphatic carbocycles. The first kappa shape index (κ1) is 15.0. The Morgan fingerprint density at radius 3 is 2.68 bits per heavy atom. The lowest BCUT2D eigenvalue weighted by atomic mass is 10.1. The number of nitrogens with two attached hydrogens (primary N) is 1. The largest absolute Gasteiger partial charge is 0.327 e. The Morgan fingerprint density at radius 1 is 1.32 bits per heavy atom. The smallest absolute Gasteiger partial charge is 0.232 e. The number of hydrogen-bond acceptors (Lipinski definition) is 4. The predicted molar refractivity (Wildman–Crippen MR) is 88.1 cm³/mol. The van der Waals surface area contributed by atoms with Gasteiger partial charge in [0.05, 0.1) is 11.4 Å². The molecule has 5 nitrogen and oxygen atoms in total. The Bertz CT molecular complexity index is 772. The summed E-state index contributed by atoms with van der Waals surface area (Å²) in [5.74, 6) is 0.482. The molecule has 1 aliphatic rings. The van der Waals surface area contributed by atoms with Gasteiger partial charge in [0.1, 0.15) is 0 Å². The second-order valence-corrected chi connectivity index (χ2v) is 7.58. The summed E-state index contributed by atoms with van der Waals surface area (Å²) in [7, 11) is -3.27. The van der Waals surface area contributed by atoms with Crippen LogP contribution in [0.5, 0.6) is 0 Å². The highest BCUT2D eigenvalue weighted by Crippen LogP contribution is 2.38. The van der Waals surface area contributed by atoms with E-state index < -0.39 is 10.0 Å². The summed E-state index contributed by atoms with van der Waals surface area (Å²) < 4.78 is 25.8. The maximum Gasteiger partial charge on any atom is 0.232 e. The summed E-state index contributed by atoms with van der Waals surface area (Å²) in [6.45, 7) is 1.61. The van der Waals surface area contributed by atoms with Gasteiger partial charge in [0.25, 0.3) is 0 Å². The van der Waals surface area contributed by atoms with Crippen LogP contribution in [0.1, 0.15) is 24.8 Å². The topological polar surface area (TPSA) is 85.1 Å². The zero-order valence-electron chi connectivity index (χ0n) is 12.4. The minimum absolute atomic E-state index is 0.0474. The average Bonchev–Trinajstić information content (AvgIpc) is 3.24. The lowest BCUT2D eigenvalue weighted by molar-refractivity contribution is 0.602. The lowest BCUT2D eigenvalue weighted by Crippen LogP contribution is -2.14. The molecule has 0 unspecified atom stereocenters. The third kappa shape index (κ3) is 3.28. The number of pyridine rings is 1. The molecule has 0 aliphatic heterocycles. The number of nitrogens with zero attached hydrogens (tertiary/aromatic N) is 1. The van der Waals surface area contributed by atoms with Gasteiger partial charge in [-0.1, -0.05) is 18.2 Å². The average molecular weight is 317 g/mol. The van der Waals surface area contributed by atoms with Gasteiger partial charge in [0.2, 0.25) is 10.0 Å². The normalized spacial score (nSPS) is 20.6. The van der Waals surface area contributed by atoms with Crippen LogP contribution in [0.3, 0.4) is 0 Å². The lowest BCUT2D eigenvalue weighted by Gasteiger charge is -2.08. The third-order valence-electron chi connectivity index (χ3n) is 3.87. The first-order chi connectivity index (χ1) is 10.5. The van der Waals surface area contributed by atoms with E-state index in [-0.39, 0.29) is 11.8 Å². The van der Waals surface area contributed by atoms with Crippen LogP contribution in [0.15, 0.2) is 42.6 Å². The monoisotopic (exact) mass is 317 g/mol. The van der Waals surface area contributed by atoms with Gasteiger partial charge >= 0.3 is 0 Å². The summed E-state index contributed by atoms with van der Waals surface area (Å²) >= 11 is 0. The fourth-order valence-corrected chi connectivity index (χ4v) is 3.02. The van der Waals surface area contributed by atoms with Crippen molar-refractivity contribution in [2.45, 2.75) is 25.3 Å². The van der Waals surface area contributed by atoms with Crippen LogP contribution in [-0.2, 0) is 10.0 Å². The van der Waals surface area contributed by atoms with Crippen molar-refractivity contribution < 1.29 is 8.42 Å². The minimum atomic E-state index is -3.27. The van der Waals surface area contributed by atoms with Gasteiger partial charge in [-0.15, -0.1) is 0 Å². The van der Waals surface area contributed by atoms with Gasteiger partial charge in [0, 0.05) is 29.4 Å². The third-order valence-corrected chi connectivity index (χ3v) is 5.17. The minimum Gasteiger partial charge on any atom is -0.327 e. The highest BCUT2D eigenvalue weighted by molar-refractivity contribution is 7.92. The number of nitrogens with one attached hydrogen (secondary N) is 1. The second kappa shape index (κ2) is 5.70. The summed E-state index contributed by atoms with van der Waals surface area (Å²) in [5, 5.41) is 0. The number of aromatic nitrogens is 1. The molecular weight excluding hydrogens is 298 g/mol. The van der Waals surface area contributed by atoms with Crippen molar-refractivity contribution >= 4 is 15.7 Å². The van der Waals surface area contributed by atoms with Crippen LogP contribution in [0.2, 0.25) is 0 Å². The Morgan fingerprint density at radius 2 is 2.09 bits per heavy atom. The van der Waals surface area contributed by atoms with Crippen molar-refractivity contribution in [2.24, 2.45) is 5.73 Å². The summed E-state index contributed by atoms with van der Waals surface area (Å²) in [6, 6.07) is 11.5. The van der Waals surface area contributed by atoms with E-state index >= 15 is 0 Å². The Labute approximate surface area is 130 Å². The van der Waals surface area contributed by atoms with Crippen LogP contribution in [0, 0.1) is 0 Å². The molecule has 116 valence electrons. The van der Waals surface area contributed by atoms with Gasteiger partial charge in [-0.25, -0.2) is 8.42 Å². The maximum atomic E-state index is 11.6. The molecule has 1 aromatic heterocycles. The molecule has 3 rings (SSSR count). The van der Waals surface area contributed by atoms with Crippen LogP contribution < -0.4 is 10.5 Å². The quantitative estimate of drug-likeness (QED) is 0.886. The van der Waals surface area contributed by atoms with Crippen molar-refractivity contribution in [3.05, 3.63) is 48.2 Å². The molecule has 2 aromatic rings. The van der Waals surface area contributed by atoms with E-state index in [2.05, 4.69) is 9.71 Å². The fourth-order valence-electron chi connectivity index (χ4n) is 2.39. The molecule has 1 saturated carbocycles. The van der Waals surface area contributed by atoms with Crippen LogP contribution in [0.4, 0.5) is 5.69 Å². The molecule has 2 atom stereocenters. The van der Waals surface area contributed by atoms with Crippen LogP contribution in [-0.4, -0.2) is 25.2 Å². The van der Waals surface area contributed by atoms with E-state index in [1.807, 2.05) is 30.5 Å². The zero-order valence-corrected chi connectivity index (χ0v) is 13.2. The molecule has 0 amide bonds. The standard InChI is InChI=1S/C16H19N3O2S/c1-2-22(20,21)19-13-5-3-4-11(8-13)16-7-6-12(10-18-16)14-9-15(14)17/h3-8,10,14-15,19H,2,9,17H2,1H3/t14-,15+/m1/s1. The molecular formula is C16H19N3O2S. The maximum absolute atomic E-state index is 11.6. The number of sulfonamides is 1. The fraction of sp³-hybridized carbons (Fsp3) is 0.312. The van der Waals surface area contributed by atoms with Gasteiger partial charge in [-0.05, 0) is 37.1 Å². The molecule has 22 heavy (non-hydrogen) atoms. The van der Waals surface area contributed by atoms with Gasteiger partial charge in [-0.2, -0.15) is 0 Å². The molecule has 0 bridgehead atoms. The Hall–Kier alpha value is -1.92. The van der Waals surface area contributed by atoms with Gasteiger partial charge in [0.15, 0.2) is 0 Å². The molecule has 1 aromatic carbocycles. The number of anilines is 1. The van der Waals surface area contributed by atoms with E-state index in [0.717, 1.165) is 17.7 Å². The van der Waals surface area contributed by atoms with Crippen molar-refractivity contribution in [1.82, 2.24) is 4.98 Å². The molecule has 1 heterocycles. The molecule has 0 radical (unpaired) electrons. The van der Waals surface area contributed by atoms with Crippen molar-refractivity contribution in [3.63, 3.8) is 0 Å². The molecule has 1 fully saturated rings.